The van der Waals surface area contributed by atoms with Gasteiger partial charge in [0.1, 0.15) is 11.9 Å². The molecule has 2 unspecified atom stereocenters. The van der Waals surface area contributed by atoms with Gasteiger partial charge in [-0.15, -0.1) is 11.3 Å². The number of benzene rings is 2. The lowest BCUT2D eigenvalue weighted by Gasteiger charge is -2.17. The molecule has 2 aromatic carbocycles. The van der Waals surface area contributed by atoms with E-state index in [1.165, 1.54) is 26.4 Å². The molecule has 6 heteroatoms. The van der Waals surface area contributed by atoms with Gasteiger partial charge >= 0.3 is 0 Å². The minimum Gasteiger partial charge on any atom is -0.497 e. The van der Waals surface area contributed by atoms with Gasteiger partial charge in [-0.2, -0.15) is 0 Å². The maximum Gasteiger partial charge on any atom is 0.187 e. The normalized spacial score (nSPS) is 20.8. The molecule has 0 aliphatic carbocycles. The quantitative estimate of drug-likeness (QED) is 0.521. The van der Waals surface area contributed by atoms with Gasteiger partial charge in [-0.3, -0.25) is 0 Å². The number of aliphatic hydroxyl groups is 1. The van der Waals surface area contributed by atoms with E-state index in [2.05, 4.69) is 43.3 Å². The van der Waals surface area contributed by atoms with Crippen molar-refractivity contribution in [2.45, 2.75) is 58.4 Å². The summed E-state index contributed by atoms with van der Waals surface area (Å²) in [6.45, 7) is 6.80. The van der Waals surface area contributed by atoms with Crippen LogP contribution in [0.4, 0.5) is 0 Å². The third-order valence-corrected chi connectivity index (χ3v) is 6.95. The van der Waals surface area contributed by atoms with Gasteiger partial charge in [-0.05, 0) is 79.4 Å². The monoisotopic (exact) mass is 468 g/mol. The van der Waals surface area contributed by atoms with Gasteiger partial charge in [0.2, 0.25) is 0 Å². The average Bonchev–Trinajstić information content (AvgIpc) is 3.51. The first-order valence-electron chi connectivity index (χ1n) is 11.3. The number of methoxy groups -OCH3 is 1. The summed E-state index contributed by atoms with van der Waals surface area (Å²) in [5.41, 5.74) is 4.72. The minimum atomic E-state index is -0.435. The van der Waals surface area contributed by atoms with E-state index in [-0.39, 0.29) is 19.0 Å². The summed E-state index contributed by atoms with van der Waals surface area (Å²) in [6.07, 6.45) is 1.94. The Morgan fingerprint density at radius 1 is 1.06 bits per heavy atom. The van der Waals surface area contributed by atoms with Crippen LogP contribution in [0.15, 0.2) is 54.6 Å². The molecule has 2 fully saturated rings. The van der Waals surface area contributed by atoms with Gasteiger partial charge in [0.05, 0.1) is 20.3 Å². The summed E-state index contributed by atoms with van der Waals surface area (Å²) < 4.78 is 21.4. The Hall–Kier alpha value is -2.22. The first kappa shape index (κ1) is 23.9. The zero-order valence-corrected chi connectivity index (χ0v) is 20.5. The van der Waals surface area contributed by atoms with Gasteiger partial charge in [-0.1, -0.05) is 18.2 Å². The number of hydrogen-bond donors (Lipinski definition) is 1. The van der Waals surface area contributed by atoms with E-state index in [0.29, 0.717) is 0 Å². The van der Waals surface area contributed by atoms with Gasteiger partial charge in [-0.25, -0.2) is 0 Å². The molecule has 1 N–H and O–H groups in total. The summed E-state index contributed by atoms with van der Waals surface area (Å²) >= 11 is 1.81. The van der Waals surface area contributed by atoms with Crippen molar-refractivity contribution < 1.29 is 24.1 Å². The Morgan fingerprint density at radius 2 is 1.85 bits per heavy atom. The number of thiophene rings is 1. The topological polar surface area (TPSA) is 57.2 Å². The largest absolute Gasteiger partial charge is 0.497 e. The summed E-state index contributed by atoms with van der Waals surface area (Å²) in [5.74, 6) is 0.442. The lowest BCUT2D eigenvalue weighted by Crippen LogP contribution is -2.22. The summed E-state index contributed by atoms with van der Waals surface area (Å²) in [7, 11) is 1.68. The molecule has 33 heavy (non-hydrogen) atoms. The Kier molecular flexibility index (Phi) is 7.51. The van der Waals surface area contributed by atoms with Crippen molar-refractivity contribution in [3.05, 3.63) is 76.2 Å². The molecule has 5 rings (SSSR count). The maximum absolute atomic E-state index is 9.31. The SMILES string of the molecule is CC1(C)OC2CCOC2O1.COc1ccc(-c2ccc(Cc3cc(CO)ccc3C)s2)cc1. The molecular formula is C27H32O5S. The van der Waals surface area contributed by atoms with E-state index in [1.54, 1.807) is 7.11 Å². The van der Waals surface area contributed by atoms with Crippen LogP contribution in [0.5, 0.6) is 5.75 Å². The zero-order valence-electron chi connectivity index (χ0n) is 19.7. The van der Waals surface area contributed by atoms with E-state index in [1.807, 2.05) is 43.4 Å². The molecule has 0 spiro atoms. The molecule has 0 bridgehead atoms. The fourth-order valence-electron chi connectivity index (χ4n) is 4.02. The zero-order chi connectivity index (χ0) is 23.4. The van der Waals surface area contributed by atoms with Crippen molar-refractivity contribution in [1.29, 1.82) is 0 Å². The van der Waals surface area contributed by atoms with Crippen LogP contribution in [-0.4, -0.2) is 37.0 Å². The standard InChI is InChI=1S/C20H20O2S.C7H12O3/c1-14-3-4-15(13-21)11-17(14)12-19-9-10-20(23-19)16-5-7-18(22-2)8-6-16;1-7(2)9-5-3-4-8-6(5)10-7/h3-11,21H,12-13H2,1-2H3;5-6H,3-4H2,1-2H3. The predicted molar refractivity (Wildman–Crippen MR) is 131 cm³/mol. The molecule has 176 valence electrons. The van der Waals surface area contributed by atoms with E-state index < -0.39 is 5.79 Å². The van der Waals surface area contributed by atoms with E-state index in [4.69, 9.17) is 18.9 Å². The highest BCUT2D eigenvalue weighted by Gasteiger charge is 2.44. The number of aryl methyl sites for hydroxylation is 1. The highest BCUT2D eigenvalue weighted by Crippen LogP contribution is 2.34. The smallest absolute Gasteiger partial charge is 0.187 e. The van der Waals surface area contributed by atoms with Gasteiger partial charge in [0.15, 0.2) is 12.1 Å². The molecule has 1 aromatic heterocycles. The minimum absolute atomic E-state index is 0.0921. The molecule has 0 saturated carbocycles. The van der Waals surface area contributed by atoms with Crippen LogP contribution in [0.2, 0.25) is 0 Å². The van der Waals surface area contributed by atoms with Gasteiger partial charge in [0.25, 0.3) is 0 Å². The Labute approximate surface area is 199 Å². The molecule has 0 radical (unpaired) electrons. The molecule has 2 aliphatic heterocycles. The van der Waals surface area contributed by atoms with Crippen molar-refractivity contribution in [2.24, 2.45) is 0 Å². The summed E-state index contributed by atoms with van der Waals surface area (Å²) in [5, 5.41) is 9.31. The predicted octanol–water partition coefficient (Wildman–Crippen LogP) is 5.70. The number of ether oxygens (including phenoxy) is 4. The van der Waals surface area contributed by atoms with Crippen LogP contribution in [0.3, 0.4) is 0 Å². The summed E-state index contributed by atoms with van der Waals surface area (Å²) in [6, 6.07) is 18.7. The second kappa shape index (κ2) is 10.4. The van der Waals surface area contributed by atoms with Gasteiger partial charge in [0, 0.05) is 22.6 Å². The third kappa shape index (κ3) is 6.02. The molecule has 2 atom stereocenters. The second-order valence-electron chi connectivity index (χ2n) is 8.79. The molecule has 0 amide bonds. The maximum atomic E-state index is 9.31. The lowest BCUT2D eigenvalue weighted by molar-refractivity contribution is -0.192. The van der Waals surface area contributed by atoms with E-state index in [0.717, 1.165) is 30.8 Å². The molecule has 3 aromatic rings. The van der Waals surface area contributed by atoms with Crippen molar-refractivity contribution in [1.82, 2.24) is 0 Å². The molecule has 3 heterocycles. The highest BCUT2D eigenvalue weighted by atomic mass is 32.1. The average molecular weight is 469 g/mol. The van der Waals surface area contributed by atoms with Crippen LogP contribution in [0.1, 0.15) is 41.8 Å². The number of hydrogen-bond acceptors (Lipinski definition) is 6. The summed E-state index contributed by atoms with van der Waals surface area (Å²) in [4.78, 5) is 2.59. The number of aliphatic hydroxyl groups excluding tert-OH is 1. The van der Waals surface area contributed by atoms with Crippen LogP contribution < -0.4 is 4.74 Å². The number of rotatable bonds is 5. The van der Waals surface area contributed by atoms with E-state index in [9.17, 15) is 5.11 Å². The number of fused-ring (bicyclic) bond motifs is 1. The third-order valence-electron chi connectivity index (χ3n) is 5.82. The van der Waals surface area contributed by atoms with Crippen LogP contribution in [-0.2, 0) is 27.2 Å². The first-order chi connectivity index (χ1) is 15.9. The van der Waals surface area contributed by atoms with Crippen molar-refractivity contribution in [2.75, 3.05) is 13.7 Å². The van der Waals surface area contributed by atoms with Crippen molar-refractivity contribution in [3.63, 3.8) is 0 Å². The van der Waals surface area contributed by atoms with Crippen LogP contribution >= 0.6 is 11.3 Å². The lowest BCUT2D eigenvalue weighted by atomic mass is 10.0. The Balaban J connectivity index is 0.000000214. The van der Waals surface area contributed by atoms with Crippen molar-refractivity contribution >= 4 is 11.3 Å². The highest BCUT2D eigenvalue weighted by molar-refractivity contribution is 7.15. The first-order valence-corrected chi connectivity index (χ1v) is 12.1. The van der Waals surface area contributed by atoms with Crippen LogP contribution in [0.25, 0.3) is 10.4 Å². The fourth-order valence-corrected chi connectivity index (χ4v) is 5.06. The molecular weight excluding hydrogens is 436 g/mol. The van der Waals surface area contributed by atoms with Crippen molar-refractivity contribution in [3.8, 4) is 16.2 Å². The van der Waals surface area contributed by atoms with Gasteiger partial charge < -0.3 is 24.1 Å². The van der Waals surface area contributed by atoms with E-state index >= 15 is 0 Å². The Morgan fingerprint density at radius 3 is 2.55 bits per heavy atom. The molecule has 5 nitrogen and oxygen atoms in total. The molecule has 2 aliphatic rings. The van der Waals surface area contributed by atoms with Crippen LogP contribution in [0, 0.1) is 6.92 Å². The molecule has 2 saturated heterocycles. The Bertz CT molecular complexity index is 1040. The second-order valence-corrected chi connectivity index (χ2v) is 9.96. The fraction of sp³-hybridized carbons (Fsp3) is 0.407.